The molecule has 1 aliphatic rings. The van der Waals surface area contributed by atoms with Crippen LogP contribution in [0.3, 0.4) is 0 Å². The van der Waals surface area contributed by atoms with Gasteiger partial charge < -0.3 is 14.4 Å². The van der Waals surface area contributed by atoms with Gasteiger partial charge in [-0.1, -0.05) is 0 Å². The fraction of sp³-hybridized carbons (Fsp3) is 0.636. The van der Waals surface area contributed by atoms with E-state index >= 15 is 0 Å². The molecule has 0 aliphatic heterocycles. The number of rotatable bonds is 6. The first-order chi connectivity index (χ1) is 9.13. The summed E-state index contributed by atoms with van der Waals surface area (Å²) in [5.41, 5.74) is 0. The summed E-state index contributed by atoms with van der Waals surface area (Å²) in [5.74, 6) is 0.349. The SMILES string of the molecule is COC(=O)CN(CC(=O)OC)c1nc(C2CC2)ns1. The van der Waals surface area contributed by atoms with E-state index in [1.165, 1.54) is 30.7 Å². The Morgan fingerprint density at radius 3 is 2.32 bits per heavy atom. The van der Waals surface area contributed by atoms with Gasteiger partial charge in [-0.25, -0.2) is 4.98 Å². The number of ether oxygens (including phenoxy) is 2. The van der Waals surface area contributed by atoms with E-state index in [1.807, 2.05) is 0 Å². The highest BCUT2D eigenvalue weighted by Crippen LogP contribution is 2.39. The van der Waals surface area contributed by atoms with E-state index in [-0.39, 0.29) is 13.1 Å². The van der Waals surface area contributed by atoms with Crippen molar-refractivity contribution in [1.29, 1.82) is 0 Å². The minimum absolute atomic E-state index is 0.0507. The maximum absolute atomic E-state index is 11.4. The summed E-state index contributed by atoms with van der Waals surface area (Å²) in [6.45, 7) is -0.101. The van der Waals surface area contributed by atoms with Crippen molar-refractivity contribution in [1.82, 2.24) is 9.36 Å². The minimum Gasteiger partial charge on any atom is -0.468 e. The summed E-state index contributed by atoms with van der Waals surface area (Å²) in [5, 5.41) is 0.540. The third-order valence-corrected chi connectivity index (χ3v) is 3.53. The second kappa shape index (κ2) is 5.96. The van der Waals surface area contributed by atoms with Crippen molar-refractivity contribution in [3.05, 3.63) is 5.82 Å². The Kier molecular flexibility index (Phi) is 4.31. The summed E-state index contributed by atoms with van der Waals surface area (Å²) in [6, 6.07) is 0. The molecule has 0 aromatic carbocycles. The molecule has 0 saturated heterocycles. The maximum atomic E-state index is 11.4. The summed E-state index contributed by atoms with van der Waals surface area (Å²) in [6.07, 6.45) is 2.20. The van der Waals surface area contributed by atoms with Gasteiger partial charge in [0.05, 0.1) is 14.2 Å². The molecule has 0 N–H and O–H groups in total. The minimum atomic E-state index is -0.438. The van der Waals surface area contributed by atoms with Crippen molar-refractivity contribution < 1.29 is 19.1 Å². The first kappa shape index (κ1) is 13.7. The molecule has 1 aromatic heterocycles. The van der Waals surface area contributed by atoms with Gasteiger partial charge in [0, 0.05) is 17.5 Å². The van der Waals surface area contributed by atoms with E-state index in [0.717, 1.165) is 18.7 Å². The monoisotopic (exact) mass is 285 g/mol. The summed E-state index contributed by atoms with van der Waals surface area (Å²) in [7, 11) is 2.60. The van der Waals surface area contributed by atoms with E-state index in [9.17, 15) is 9.59 Å². The normalized spacial score (nSPS) is 14.0. The van der Waals surface area contributed by atoms with Gasteiger partial charge in [0.1, 0.15) is 18.9 Å². The van der Waals surface area contributed by atoms with Crippen molar-refractivity contribution in [3.8, 4) is 0 Å². The highest BCUT2D eigenvalue weighted by molar-refractivity contribution is 7.09. The van der Waals surface area contributed by atoms with Gasteiger partial charge in [0.15, 0.2) is 0 Å². The zero-order valence-electron chi connectivity index (χ0n) is 10.8. The molecule has 0 amide bonds. The number of aromatic nitrogens is 2. The van der Waals surface area contributed by atoms with Crippen molar-refractivity contribution in [2.75, 3.05) is 32.2 Å². The first-order valence-corrected chi connectivity index (χ1v) is 6.63. The van der Waals surface area contributed by atoms with Crippen LogP contribution in [0.2, 0.25) is 0 Å². The lowest BCUT2D eigenvalue weighted by atomic mass is 10.4. The Hall–Kier alpha value is -1.70. The quantitative estimate of drug-likeness (QED) is 0.707. The molecular weight excluding hydrogens is 270 g/mol. The van der Waals surface area contributed by atoms with Gasteiger partial charge in [-0.05, 0) is 12.8 Å². The molecule has 0 unspecified atom stereocenters. The Morgan fingerprint density at radius 2 is 1.84 bits per heavy atom. The van der Waals surface area contributed by atoms with Crippen LogP contribution in [0.25, 0.3) is 0 Å². The number of anilines is 1. The molecule has 1 aliphatic carbocycles. The Balaban J connectivity index is 2.09. The number of methoxy groups -OCH3 is 2. The third-order valence-electron chi connectivity index (χ3n) is 2.74. The highest BCUT2D eigenvalue weighted by Gasteiger charge is 2.29. The molecule has 1 heterocycles. The average molecular weight is 285 g/mol. The second-order valence-corrected chi connectivity index (χ2v) is 4.95. The number of esters is 2. The van der Waals surface area contributed by atoms with E-state index < -0.39 is 11.9 Å². The number of hydrogen-bond donors (Lipinski definition) is 0. The van der Waals surface area contributed by atoms with Crippen LogP contribution in [0.5, 0.6) is 0 Å². The molecule has 2 rings (SSSR count). The van der Waals surface area contributed by atoms with Gasteiger partial charge >= 0.3 is 11.9 Å². The zero-order chi connectivity index (χ0) is 13.8. The summed E-state index contributed by atoms with van der Waals surface area (Å²) in [4.78, 5) is 28.6. The van der Waals surface area contributed by atoms with Crippen LogP contribution < -0.4 is 4.90 Å². The molecule has 19 heavy (non-hydrogen) atoms. The standard InChI is InChI=1S/C11H15N3O4S/c1-17-8(15)5-14(6-9(16)18-2)11-12-10(13-19-11)7-3-4-7/h7H,3-6H2,1-2H3. The first-order valence-electron chi connectivity index (χ1n) is 5.86. The predicted octanol–water partition coefficient (Wildman–Crippen LogP) is 0.568. The predicted molar refractivity (Wildman–Crippen MR) is 68.1 cm³/mol. The molecular formula is C11H15N3O4S. The number of hydrogen-bond acceptors (Lipinski definition) is 8. The molecule has 1 aromatic rings. The van der Waals surface area contributed by atoms with Gasteiger partial charge in [0.2, 0.25) is 5.13 Å². The van der Waals surface area contributed by atoms with Crippen LogP contribution in [0.4, 0.5) is 5.13 Å². The number of nitrogens with zero attached hydrogens (tertiary/aromatic N) is 3. The maximum Gasteiger partial charge on any atom is 0.325 e. The second-order valence-electron chi connectivity index (χ2n) is 4.22. The van der Waals surface area contributed by atoms with Gasteiger partial charge in [-0.2, -0.15) is 4.37 Å². The lowest BCUT2D eigenvalue weighted by Crippen LogP contribution is -2.35. The Morgan fingerprint density at radius 1 is 1.26 bits per heavy atom. The number of carbonyl (C=O) groups excluding carboxylic acids is 2. The third kappa shape index (κ3) is 3.63. The van der Waals surface area contributed by atoms with Gasteiger partial charge in [-0.15, -0.1) is 0 Å². The van der Waals surface area contributed by atoms with Crippen LogP contribution in [0.15, 0.2) is 0 Å². The number of carbonyl (C=O) groups is 2. The van der Waals surface area contributed by atoms with Crippen LogP contribution in [0, 0.1) is 0 Å². The fourth-order valence-corrected chi connectivity index (χ4v) is 2.24. The van der Waals surface area contributed by atoms with Crippen LogP contribution in [0.1, 0.15) is 24.6 Å². The van der Waals surface area contributed by atoms with E-state index in [2.05, 4.69) is 18.8 Å². The Labute approximate surface area is 114 Å². The van der Waals surface area contributed by atoms with Crippen molar-refractivity contribution in [3.63, 3.8) is 0 Å². The van der Waals surface area contributed by atoms with E-state index in [1.54, 1.807) is 0 Å². The molecule has 104 valence electrons. The highest BCUT2D eigenvalue weighted by atomic mass is 32.1. The summed E-state index contributed by atoms with van der Waals surface area (Å²) < 4.78 is 13.5. The lowest BCUT2D eigenvalue weighted by molar-refractivity contribution is -0.140. The lowest BCUT2D eigenvalue weighted by Gasteiger charge is -2.18. The van der Waals surface area contributed by atoms with Crippen LogP contribution in [-0.4, -0.2) is 48.6 Å². The Bertz CT molecular complexity index is 454. The van der Waals surface area contributed by atoms with Crippen molar-refractivity contribution >= 4 is 28.6 Å². The smallest absolute Gasteiger partial charge is 0.325 e. The topological polar surface area (TPSA) is 81.6 Å². The van der Waals surface area contributed by atoms with Gasteiger partial charge in [-0.3, -0.25) is 9.59 Å². The molecule has 0 bridgehead atoms. The zero-order valence-corrected chi connectivity index (χ0v) is 11.6. The largest absolute Gasteiger partial charge is 0.468 e. The molecule has 1 saturated carbocycles. The van der Waals surface area contributed by atoms with E-state index in [0.29, 0.717) is 11.0 Å². The molecule has 0 spiro atoms. The fourth-order valence-electron chi connectivity index (χ4n) is 1.49. The summed E-state index contributed by atoms with van der Waals surface area (Å²) >= 11 is 1.18. The molecule has 0 radical (unpaired) electrons. The molecule has 0 atom stereocenters. The molecule has 7 nitrogen and oxygen atoms in total. The van der Waals surface area contributed by atoms with Crippen molar-refractivity contribution in [2.45, 2.75) is 18.8 Å². The van der Waals surface area contributed by atoms with Crippen LogP contribution >= 0.6 is 11.5 Å². The van der Waals surface area contributed by atoms with Gasteiger partial charge in [0.25, 0.3) is 0 Å². The molecule has 8 heteroatoms. The van der Waals surface area contributed by atoms with E-state index in [4.69, 9.17) is 0 Å². The molecule has 1 fully saturated rings. The van der Waals surface area contributed by atoms with Crippen molar-refractivity contribution in [2.24, 2.45) is 0 Å². The van der Waals surface area contributed by atoms with Crippen LogP contribution in [-0.2, 0) is 19.1 Å². The average Bonchev–Trinajstić information content (AvgIpc) is 3.15.